The van der Waals surface area contributed by atoms with Crippen molar-refractivity contribution in [2.45, 2.75) is 12.5 Å². The Morgan fingerprint density at radius 1 is 1.20 bits per heavy atom. The van der Waals surface area contributed by atoms with Gasteiger partial charge in [-0.3, -0.25) is 11.3 Å². The molecule has 0 aliphatic heterocycles. The summed E-state index contributed by atoms with van der Waals surface area (Å²) in [4.78, 5) is 0. The lowest BCUT2D eigenvalue weighted by Crippen LogP contribution is -2.29. The fourth-order valence-corrected chi connectivity index (χ4v) is 3.09. The van der Waals surface area contributed by atoms with E-state index in [4.69, 9.17) is 29.0 Å². The van der Waals surface area contributed by atoms with Gasteiger partial charge >= 0.3 is 0 Å². The molecule has 0 spiro atoms. The zero-order valence-corrected chi connectivity index (χ0v) is 13.4. The molecule has 2 rings (SSSR count). The van der Waals surface area contributed by atoms with Gasteiger partial charge in [-0.1, -0.05) is 45.2 Å². The van der Waals surface area contributed by atoms with E-state index in [9.17, 15) is 4.39 Å². The Bertz CT molecular complexity index is 602. The highest BCUT2D eigenvalue weighted by Crippen LogP contribution is 2.28. The molecule has 0 radical (unpaired) electrons. The molecule has 20 heavy (non-hydrogen) atoms. The van der Waals surface area contributed by atoms with Crippen LogP contribution in [0.25, 0.3) is 0 Å². The summed E-state index contributed by atoms with van der Waals surface area (Å²) in [5.41, 5.74) is 4.47. The van der Waals surface area contributed by atoms with Crippen molar-refractivity contribution in [1.82, 2.24) is 5.43 Å². The predicted molar refractivity (Wildman–Crippen MR) is 84.3 cm³/mol. The molecular weight excluding hydrogens is 366 g/mol. The van der Waals surface area contributed by atoms with Crippen molar-refractivity contribution in [1.29, 1.82) is 0 Å². The topological polar surface area (TPSA) is 38.0 Å². The molecule has 1 unspecified atom stereocenters. The highest BCUT2D eigenvalue weighted by molar-refractivity contribution is 9.10. The smallest absolute Gasteiger partial charge is 0.124 e. The Kier molecular flexibility index (Phi) is 5.41. The van der Waals surface area contributed by atoms with Crippen LogP contribution >= 0.6 is 39.1 Å². The van der Waals surface area contributed by atoms with Crippen molar-refractivity contribution in [3.63, 3.8) is 0 Å². The Morgan fingerprint density at radius 2 is 1.95 bits per heavy atom. The van der Waals surface area contributed by atoms with Crippen molar-refractivity contribution in [3.8, 4) is 0 Å². The Balaban J connectivity index is 2.28. The third-order valence-corrected chi connectivity index (χ3v) is 3.96. The molecule has 2 nitrogen and oxygen atoms in total. The minimum atomic E-state index is -0.360. The van der Waals surface area contributed by atoms with Crippen molar-refractivity contribution >= 4 is 39.1 Å². The number of hydrogen-bond donors (Lipinski definition) is 2. The summed E-state index contributed by atoms with van der Waals surface area (Å²) in [5.74, 6) is 5.25. The number of halogens is 4. The second-order valence-electron chi connectivity index (χ2n) is 4.36. The van der Waals surface area contributed by atoms with Gasteiger partial charge in [-0.15, -0.1) is 0 Å². The minimum absolute atomic E-state index is 0.173. The van der Waals surface area contributed by atoms with E-state index in [1.807, 2.05) is 12.1 Å². The fraction of sp³-hybridized carbons (Fsp3) is 0.143. The molecule has 0 saturated carbocycles. The number of nitrogens with two attached hydrogens (primary N) is 1. The minimum Gasteiger partial charge on any atom is -0.271 e. The average molecular weight is 378 g/mol. The lowest BCUT2D eigenvalue weighted by Gasteiger charge is -2.18. The first kappa shape index (κ1) is 15.7. The largest absolute Gasteiger partial charge is 0.271 e. The number of hydrogen-bond acceptors (Lipinski definition) is 2. The van der Waals surface area contributed by atoms with E-state index in [2.05, 4.69) is 21.4 Å². The van der Waals surface area contributed by atoms with Crippen LogP contribution in [0.1, 0.15) is 17.2 Å². The lowest BCUT2D eigenvalue weighted by atomic mass is 9.99. The zero-order valence-electron chi connectivity index (χ0n) is 10.3. The maximum Gasteiger partial charge on any atom is 0.124 e. The zero-order chi connectivity index (χ0) is 14.7. The van der Waals surface area contributed by atoms with E-state index in [-0.39, 0.29) is 11.9 Å². The van der Waals surface area contributed by atoms with Gasteiger partial charge in [0.2, 0.25) is 0 Å². The summed E-state index contributed by atoms with van der Waals surface area (Å²) in [5, 5.41) is 0.992. The molecule has 6 heteroatoms. The monoisotopic (exact) mass is 376 g/mol. The first-order chi connectivity index (χ1) is 9.49. The van der Waals surface area contributed by atoms with Crippen LogP contribution in [0.3, 0.4) is 0 Å². The number of hydrazine groups is 1. The second kappa shape index (κ2) is 6.87. The third-order valence-electron chi connectivity index (χ3n) is 2.93. The highest BCUT2D eigenvalue weighted by Gasteiger charge is 2.14. The van der Waals surface area contributed by atoms with E-state index < -0.39 is 0 Å². The Hall–Kier alpha value is -0.650. The maximum atomic E-state index is 13.0. The summed E-state index contributed by atoms with van der Waals surface area (Å²) >= 11 is 15.5. The predicted octanol–water partition coefficient (Wildman–Crippen LogP) is 4.64. The molecule has 0 heterocycles. The van der Waals surface area contributed by atoms with E-state index in [0.29, 0.717) is 16.5 Å². The van der Waals surface area contributed by atoms with E-state index in [0.717, 1.165) is 15.6 Å². The molecule has 1 atom stereocenters. The van der Waals surface area contributed by atoms with Gasteiger partial charge in [0.05, 0.1) is 6.04 Å². The quantitative estimate of drug-likeness (QED) is 0.601. The second-order valence-corrected chi connectivity index (χ2v) is 6.12. The first-order valence-corrected chi connectivity index (χ1v) is 7.40. The van der Waals surface area contributed by atoms with Gasteiger partial charge in [0.15, 0.2) is 0 Å². The van der Waals surface area contributed by atoms with Crippen molar-refractivity contribution in [2.24, 2.45) is 5.84 Å². The van der Waals surface area contributed by atoms with Crippen LogP contribution in [0.4, 0.5) is 4.39 Å². The molecule has 0 aromatic heterocycles. The summed E-state index contributed by atoms with van der Waals surface area (Å²) in [6.45, 7) is 0. The standard InChI is InChI=1S/C14H12BrCl2FN2/c15-10-3-9(4-11(16)6-10)14(20-19)5-8-1-2-12(18)7-13(8)17/h1-4,6-7,14,20H,5,19H2. The summed E-state index contributed by atoms with van der Waals surface area (Å²) in [6, 6.07) is 9.70. The molecule has 2 aromatic rings. The van der Waals surface area contributed by atoms with Crippen LogP contribution < -0.4 is 11.3 Å². The maximum absolute atomic E-state index is 13.0. The van der Waals surface area contributed by atoms with E-state index in [1.54, 1.807) is 12.1 Å². The van der Waals surface area contributed by atoms with Crippen LogP contribution in [0.5, 0.6) is 0 Å². The van der Waals surface area contributed by atoms with Gasteiger partial charge in [-0.2, -0.15) is 0 Å². The van der Waals surface area contributed by atoms with E-state index >= 15 is 0 Å². The molecule has 2 aromatic carbocycles. The Labute approximate surface area is 135 Å². The van der Waals surface area contributed by atoms with Crippen LogP contribution in [-0.2, 0) is 6.42 Å². The van der Waals surface area contributed by atoms with Crippen LogP contribution in [0.15, 0.2) is 40.9 Å². The molecule has 3 N–H and O–H groups in total. The SMILES string of the molecule is NNC(Cc1ccc(F)cc1Cl)c1cc(Cl)cc(Br)c1. The molecule has 0 aliphatic carbocycles. The number of nitrogens with one attached hydrogen (secondary N) is 1. The molecular formula is C14H12BrCl2FN2. The van der Waals surface area contributed by atoms with Crippen LogP contribution in [-0.4, -0.2) is 0 Å². The van der Waals surface area contributed by atoms with Crippen LogP contribution in [0, 0.1) is 5.82 Å². The van der Waals surface area contributed by atoms with Gasteiger partial charge < -0.3 is 0 Å². The van der Waals surface area contributed by atoms with Crippen LogP contribution in [0.2, 0.25) is 10.0 Å². The van der Waals surface area contributed by atoms with Gasteiger partial charge in [-0.25, -0.2) is 4.39 Å². The van der Waals surface area contributed by atoms with Crippen molar-refractivity contribution < 1.29 is 4.39 Å². The van der Waals surface area contributed by atoms with Crippen molar-refractivity contribution in [2.75, 3.05) is 0 Å². The molecule has 0 amide bonds. The Morgan fingerprint density at radius 3 is 2.55 bits per heavy atom. The highest BCUT2D eigenvalue weighted by atomic mass is 79.9. The number of benzene rings is 2. The van der Waals surface area contributed by atoms with Gasteiger partial charge in [-0.05, 0) is 47.9 Å². The lowest BCUT2D eigenvalue weighted by molar-refractivity contribution is 0.550. The summed E-state index contributed by atoms with van der Waals surface area (Å²) in [6.07, 6.45) is 0.530. The summed E-state index contributed by atoms with van der Waals surface area (Å²) in [7, 11) is 0. The fourth-order valence-electron chi connectivity index (χ4n) is 1.96. The molecule has 0 fully saturated rings. The molecule has 0 aliphatic rings. The molecule has 0 bridgehead atoms. The van der Waals surface area contributed by atoms with Gasteiger partial charge in [0.25, 0.3) is 0 Å². The average Bonchev–Trinajstić information content (AvgIpc) is 2.36. The third kappa shape index (κ3) is 3.93. The molecule has 0 saturated heterocycles. The normalized spacial score (nSPS) is 12.4. The van der Waals surface area contributed by atoms with Gasteiger partial charge in [0, 0.05) is 14.5 Å². The summed E-state index contributed by atoms with van der Waals surface area (Å²) < 4.78 is 13.9. The first-order valence-electron chi connectivity index (χ1n) is 5.85. The molecule has 106 valence electrons. The van der Waals surface area contributed by atoms with E-state index in [1.165, 1.54) is 12.1 Å². The number of rotatable bonds is 4. The van der Waals surface area contributed by atoms with Gasteiger partial charge in [0.1, 0.15) is 5.82 Å². The van der Waals surface area contributed by atoms with Crippen molar-refractivity contribution in [3.05, 3.63) is 67.9 Å².